The zero-order valence-electron chi connectivity index (χ0n) is 14.3. The largest absolute Gasteiger partial charge is 0.302 e. The Morgan fingerprint density at radius 1 is 0.739 bits per heavy atom. The monoisotopic (exact) mass is 307 g/mol. The van der Waals surface area contributed by atoms with Crippen molar-refractivity contribution in [2.24, 2.45) is 11.8 Å². The number of carbonyl (C=O) groups is 1. The van der Waals surface area contributed by atoms with Crippen LogP contribution in [0.1, 0.15) is 48.2 Å². The summed E-state index contributed by atoms with van der Waals surface area (Å²) in [5, 5.41) is 3.78. The van der Waals surface area contributed by atoms with E-state index < -0.39 is 0 Å². The molecule has 0 aromatic heterocycles. The standard InChI is InChI=1S/C21H25NO/c1-13-9-5-7-11-17(13)19-15(3)21(23)16(4)20(22-19)18-12-8-6-10-14(18)2/h5-12,15-16,19-20,22H,1-4H3/t15-,16+,19-,20-/m0/s1. The highest BCUT2D eigenvalue weighted by Gasteiger charge is 2.40. The molecule has 1 N–H and O–H groups in total. The quantitative estimate of drug-likeness (QED) is 0.883. The normalized spacial score (nSPS) is 27.9. The fourth-order valence-corrected chi connectivity index (χ4v) is 3.82. The van der Waals surface area contributed by atoms with Crippen LogP contribution in [0.4, 0.5) is 0 Å². The summed E-state index contributed by atoms with van der Waals surface area (Å²) in [5.74, 6) is 0.336. The van der Waals surface area contributed by atoms with Crippen LogP contribution in [0.5, 0.6) is 0 Å². The second-order valence-corrected chi connectivity index (χ2v) is 6.81. The smallest absolute Gasteiger partial charge is 0.142 e. The van der Waals surface area contributed by atoms with E-state index >= 15 is 0 Å². The van der Waals surface area contributed by atoms with Gasteiger partial charge in [-0.3, -0.25) is 4.79 Å². The molecular formula is C21H25NO. The van der Waals surface area contributed by atoms with Gasteiger partial charge in [-0.25, -0.2) is 0 Å². The SMILES string of the molecule is Cc1ccccc1[C@H]1N[C@H](c2ccccc2C)[C@@H](C)C(=O)[C@H]1C. The second kappa shape index (κ2) is 6.29. The van der Waals surface area contributed by atoms with Crippen molar-refractivity contribution in [2.45, 2.75) is 39.8 Å². The number of carbonyl (C=O) groups excluding carboxylic acids is 1. The van der Waals surface area contributed by atoms with Crippen molar-refractivity contribution in [1.82, 2.24) is 5.32 Å². The first kappa shape index (κ1) is 15.9. The number of hydrogen-bond acceptors (Lipinski definition) is 2. The lowest BCUT2D eigenvalue weighted by molar-refractivity contribution is -0.130. The zero-order valence-corrected chi connectivity index (χ0v) is 14.3. The van der Waals surface area contributed by atoms with Crippen LogP contribution in [0.15, 0.2) is 48.5 Å². The van der Waals surface area contributed by atoms with Crippen LogP contribution in [0.2, 0.25) is 0 Å². The van der Waals surface area contributed by atoms with Crippen LogP contribution < -0.4 is 5.32 Å². The Kier molecular flexibility index (Phi) is 4.36. The van der Waals surface area contributed by atoms with Crippen LogP contribution in [-0.2, 0) is 4.79 Å². The Hall–Kier alpha value is -1.93. The van der Waals surface area contributed by atoms with Gasteiger partial charge in [0.25, 0.3) is 0 Å². The molecule has 2 nitrogen and oxygen atoms in total. The molecule has 2 aromatic rings. The second-order valence-electron chi connectivity index (χ2n) is 6.81. The van der Waals surface area contributed by atoms with Gasteiger partial charge in [0.1, 0.15) is 5.78 Å². The van der Waals surface area contributed by atoms with E-state index in [9.17, 15) is 4.79 Å². The summed E-state index contributed by atoms with van der Waals surface area (Å²) in [5.41, 5.74) is 4.95. The van der Waals surface area contributed by atoms with Crippen molar-refractivity contribution in [3.63, 3.8) is 0 Å². The van der Waals surface area contributed by atoms with E-state index in [0.717, 1.165) is 0 Å². The first-order valence-corrected chi connectivity index (χ1v) is 8.41. The zero-order chi connectivity index (χ0) is 16.6. The fourth-order valence-electron chi connectivity index (χ4n) is 3.82. The number of benzene rings is 2. The average Bonchev–Trinajstić information content (AvgIpc) is 2.55. The van der Waals surface area contributed by atoms with Gasteiger partial charge in [0.05, 0.1) is 0 Å². The lowest BCUT2D eigenvalue weighted by atomic mass is 9.75. The Labute approximate surface area is 138 Å². The first-order valence-electron chi connectivity index (χ1n) is 8.41. The van der Waals surface area contributed by atoms with Gasteiger partial charge in [0.2, 0.25) is 0 Å². The highest BCUT2D eigenvalue weighted by molar-refractivity contribution is 5.85. The van der Waals surface area contributed by atoms with Crippen LogP contribution >= 0.6 is 0 Å². The van der Waals surface area contributed by atoms with Gasteiger partial charge in [-0.1, -0.05) is 62.4 Å². The molecule has 0 radical (unpaired) electrons. The minimum atomic E-state index is -0.00799. The summed E-state index contributed by atoms with van der Waals surface area (Å²) >= 11 is 0. The summed E-state index contributed by atoms with van der Waals surface area (Å²) in [4.78, 5) is 12.9. The maximum absolute atomic E-state index is 12.9. The number of rotatable bonds is 2. The Morgan fingerprint density at radius 3 is 1.52 bits per heavy atom. The van der Waals surface area contributed by atoms with E-state index in [1.54, 1.807) is 0 Å². The number of aryl methyl sites for hydroxylation is 2. The summed E-state index contributed by atoms with van der Waals surface area (Å²) in [6.45, 7) is 8.35. The molecule has 0 spiro atoms. The Balaban J connectivity index is 2.02. The molecule has 1 saturated heterocycles. The number of nitrogens with one attached hydrogen (secondary N) is 1. The van der Waals surface area contributed by atoms with E-state index in [0.29, 0.717) is 5.78 Å². The highest BCUT2D eigenvalue weighted by Crippen LogP contribution is 2.39. The van der Waals surface area contributed by atoms with Gasteiger partial charge in [-0.2, -0.15) is 0 Å². The lowest BCUT2D eigenvalue weighted by Crippen LogP contribution is -2.46. The van der Waals surface area contributed by atoms with E-state index in [2.05, 4.69) is 81.5 Å². The molecular weight excluding hydrogens is 282 g/mol. The number of Topliss-reactive ketones (excluding diaryl/α,β-unsaturated/α-hetero) is 1. The maximum atomic E-state index is 12.9. The molecule has 23 heavy (non-hydrogen) atoms. The first-order chi connectivity index (χ1) is 11.0. The van der Waals surface area contributed by atoms with Crippen LogP contribution in [0.25, 0.3) is 0 Å². The van der Waals surface area contributed by atoms with E-state index in [-0.39, 0.29) is 23.9 Å². The Bertz CT molecular complexity index is 662. The van der Waals surface area contributed by atoms with Gasteiger partial charge in [0, 0.05) is 23.9 Å². The van der Waals surface area contributed by atoms with Crippen LogP contribution in [0, 0.1) is 25.7 Å². The Morgan fingerprint density at radius 2 is 1.13 bits per heavy atom. The van der Waals surface area contributed by atoms with Gasteiger partial charge < -0.3 is 5.32 Å². The third kappa shape index (κ3) is 2.84. The molecule has 0 aliphatic carbocycles. The predicted molar refractivity (Wildman–Crippen MR) is 94.3 cm³/mol. The average molecular weight is 307 g/mol. The molecule has 1 heterocycles. The van der Waals surface area contributed by atoms with Gasteiger partial charge in [0.15, 0.2) is 0 Å². The third-order valence-corrected chi connectivity index (χ3v) is 5.30. The topological polar surface area (TPSA) is 29.1 Å². The molecule has 2 aromatic carbocycles. The molecule has 0 unspecified atom stereocenters. The van der Waals surface area contributed by atoms with Gasteiger partial charge in [-0.05, 0) is 36.1 Å². The van der Waals surface area contributed by atoms with Crippen molar-refractivity contribution >= 4 is 5.78 Å². The number of piperidine rings is 1. The van der Waals surface area contributed by atoms with E-state index in [1.807, 2.05) is 0 Å². The summed E-state index contributed by atoms with van der Waals surface area (Å²) in [6, 6.07) is 16.9. The molecule has 1 aliphatic heterocycles. The van der Waals surface area contributed by atoms with Gasteiger partial charge in [-0.15, -0.1) is 0 Å². The van der Waals surface area contributed by atoms with Crippen LogP contribution in [0.3, 0.4) is 0 Å². The number of hydrogen-bond donors (Lipinski definition) is 1. The number of ketones is 1. The molecule has 0 saturated carbocycles. The summed E-state index contributed by atoms with van der Waals surface area (Å²) in [6.07, 6.45) is 0. The molecule has 0 amide bonds. The van der Waals surface area contributed by atoms with Crippen molar-refractivity contribution in [3.05, 3.63) is 70.8 Å². The van der Waals surface area contributed by atoms with Crippen molar-refractivity contribution < 1.29 is 4.79 Å². The van der Waals surface area contributed by atoms with Crippen molar-refractivity contribution in [1.29, 1.82) is 0 Å². The summed E-state index contributed by atoms with van der Waals surface area (Å²) < 4.78 is 0. The van der Waals surface area contributed by atoms with Crippen LogP contribution in [-0.4, -0.2) is 5.78 Å². The van der Waals surface area contributed by atoms with Crippen molar-refractivity contribution in [3.8, 4) is 0 Å². The minimum Gasteiger partial charge on any atom is -0.302 e. The lowest BCUT2D eigenvalue weighted by Gasteiger charge is -2.40. The molecule has 0 bridgehead atoms. The van der Waals surface area contributed by atoms with E-state index in [4.69, 9.17) is 0 Å². The molecule has 4 atom stereocenters. The maximum Gasteiger partial charge on any atom is 0.142 e. The minimum absolute atomic E-state index is 0.00799. The molecule has 3 rings (SSSR count). The predicted octanol–water partition coefficient (Wildman–Crippen LogP) is 4.53. The molecule has 2 heteroatoms. The van der Waals surface area contributed by atoms with E-state index in [1.165, 1.54) is 22.3 Å². The third-order valence-electron chi connectivity index (χ3n) is 5.30. The van der Waals surface area contributed by atoms with Gasteiger partial charge >= 0.3 is 0 Å². The molecule has 1 fully saturated rings. The van der Waals surface area contributed by atoms with Crippen molar-refractivity contribution in [2.75, 3.05) is 0 Å². The fraction of sp³-hybridized carbons (Fsp3) is 0.381. The highest BCUT2D eigenvalue weighted by atomic mass is 16.1. The summed E-state index contributed by atoms with van der Waals surface area (Å²) in [7, 11) is 0. The molecule has 120 valence electrons. The molecule has 1 aliphatic rings.